The number of hydrogen-bond donors (Lipinski definition) is 1. The van der Waals surface area contributed by atoms with Gasteiger partial charge in [-0.1, -0.05) is 33.1 Å². The van der Waals surface area contributed by atoms with E-state index in [1.54, 1.807) is 0 Å². The summed E-state index contributed by atoms with van der Waals surface area (Å²) in [6, 6.07) is 3.98. The molecular weight excluding hydrogens is 200 g/mol. The average molecular weight is 222 g/mol. The standard InChI is InChI=1S/C14H22O2/c1-3-4-5-6-12(15)14-8-7-13(16-14)11-9-10(11)2/h7-8,10-12,15H,3-6,9H2,1-2H3. The van der Waals surface area contributed by atoms with E-state index in [2.05, 4.69) is 13.8 Å². The van der Waals surface area contributed by atoms with Crippen LogP contribution in [-0.2, 0) is 0 Å². The molecule has 90 valence electrons. The molecule has 0 spiro atoms. The summed E-state index contributed by atoms with van der Waals surface area (Å²) in [7, 11) is 0. The van der Waals surface area contributed by atoms with Gasteiger partial charge in [0.25, 0.3) is 0 Å². The number of aliphatic hydroxyl groups is 1. The number of furan rings is 1. The van der Waals surface area contributed by atoms with Crippen LogP contribution < -0.4 is 0 Å². The van der Waals surface area contributed by atoms with Crippen LogP contribution in [0, 0.1) is 5.92 Å². The van der Waals surface area contributed by atoms with Crippen LogP contribution in [0.2, 0.25) is 0 Å². The van der Waals surface area contributed by atoms with Gasteiger partial charge in [-0.25, -0.2) is 0 Å². The van der Waals surface area contributed by atoms with Gasteiger partial charge in [0.05, 0.1) is 0 Å². The first-order valence-corrected chi connectivity index (χ1v) is 6.50. The van der Waals surface area contributed by atoms with Gasteiger partial charge < -0.3 is 9.52 Å². The maximum atomic E-state index is 9.93. The highest BCUT2D eigenvalue weighted by Gasteiger charge is 2.36. The molecule has 1 N–H and O–H groups in total. The summed E-state index contributed by atoms with van der Waals surface area (Å²) < 4.78 is 5.72. The minimum atomic E-state index is -0.408. The molecule has 1 fully saturated rings. The second-order valence-electron chi connectivity index (χ2n) is 5.07. The lowest BCUT2D eigenvalue weighted by molar-refractivity contribution is 0.135. The molecule has 1 saturated carbocycles. The van der Waals surface area contributed by atoms with Gasteiger partial charge in [-0.05, 0) is 30.9 Å². The third-order valence-corrected chi connectivity index (χ3v) is 3.53. The van der Waals surface area contributed by atoms with Gasteiger partial charge in [0.2, 0.25) is 0 Å². The normalized spacial score (nSPS) is 25.7. The minimum Gasteiger partial charge on any atom is -0.463 e. The first-order valence-electron chi connectivity index (χ1n) is 6.50. The van der Waals surface area contributed by atoms with E-state index >= 15 is 0 Å². The summed E-state index contributed by atoms with van der Waals surface area (Å²) in [5.74, 6) is 3.19. The lowest BCUT2D eigenvalue weighted by Crippen LogP contribution is -1.95. The molecule has 0 aliphatic heterocycles. The van der Waals surface area contributed by atoms with Crippen molar-refractivity contribution in [3.8, 4) is 0 Å². The zero-order valence-electron chi connectivity index (χ0n) is 10.3. The van der Waals surface area contributed by atoms with Crippen molar-refractivity contribution >= 4 is 0 Å². The molecule has 0 aromatic carbocycles. The summed E-state index contributed by atoms with van der Waals surface area (Å²) in [5.41, 5.74) is 0. The van der Waals surface area contributed by atoms with Crippen molar-refractivity contribution in [1.29, 1.82) is 0 Å². The molecule has 16 heavy (non-hydrogen) atoms. The Morgan fingerprint density at radius 2 is 2.19 bits per heavy atom. The number of rotatable bonds is 6. The molecule has 0 saturated heterocycles. The predicted octanol–water partition coefficient (Wildman–Crippen LogP) is 4.02. The van der Waals surface area contributed by atoms with Crippen LogP contribution in [0.25, 0.3) is 0 Å². The van der Waals surface area contributed by atoms with E-state index in [1.165, 1.54) is 19.3 Å². The highest BCUT2D eigenvalue weighted by Crippen LogP contribution is 2.47. The van der Waals surface area contributed by atoms with Crippen LogP contribution in [0.1, 0.15) is 69.5 Å². The monoisotopic (exact) mass is 222 g/mol. The van der Waals surface area contributed by atoms with Crippen molar-refractivity contribution in [2.75, 3.05) is 0 Å². The Labute approximate surface area is 97.7 Å². The Morgan fingerprint density at radius 1 is 1.44 bits per heavy atom. The first kappa shape index (κ1) is 11.7. The maximum absolute atomic E-state index is 9.93. The summed E-state index contributed by atoms with van der Waals surface area (Å²) in [5, 5.41) is 9.93. The molecule has 0 bridgehead atoms. The molecule has 0 amide bonds. The predicted molar refractivity (Wildman–Crippen MR) is 64.3 cm³/mol. The molecule has 1 heterocycles. The molecule has 1 aromatic rings. The minimum absolute atomic E-state index is 0.408. The fourth-order valence-electron chi connectivity index (χ4n) is 2.20. The Kier molecular flexibility index (Phi) is 3.70. The third kappa shape index (κ3) is 2.67. The number of aliphatic hydroxyl groups excluding tert-OH is 1. The zero-order chi connectivity index (χ0) is 11.5. The van der Waals surface area contributed by atoms with E-state index in [1.807, 2.05) is 12.1 Å². The first-order chi connectivity index (χ1) is 7.72. The topological polar surface area (TPSA) is 33.4 Å². The highest BCUT2D eigenvalue weighted by atomic mass is 16.4. The lowest BCUT2D eigenvalue weighted by atomic mass is 10.1. The van der Waals surface area contributed by atoms with Crippen LogP contribution in [0.4, 0.5) is 0 Å². The van der Waals surface area contributed by atoms with Crippen LogP contribution in [0.15, 0.2) is 16.5 Å². The zero-order valence-corrected chi connectivity index (χ0v) is 10.3. The lowest BCUT2D eigenvalue weighted by Gasteiger charge is -2.06. The molecule has 0 radical (unpaired) electrons. The van der Waals surface area contributed by atoms with Gasteiger partial charge in [0.15, 0.2) is 0 Å². The Hall–Kier alpha value is -0.760. The molecule has 2 rings (SSSR count). The molecule has 1 aliphatic rings. The highest BCUT2D eigenvalue weighted by molar-refractivity contribution is 5.18. The van der Waals surface area contributed by atoms with Gasteiger partial charge in [-0.2, -0.15) is 0 Å². The molecule has 3 atom stereocenters. The van der Waals surface area contributed by atoms with E-state index < -0.39 is 6.10 Å². The summed E-state index contributed by atoms with van der Waals surface area (Å²) in [4.78, 5) is 0. The largest absolute Gasteiger partial charge is 0.463 e. The average Bonchev–Trinajstić information content (AvgIpc) is 2.82. The van der Waals surface area contributed by atoms with Crippen molar-refractivity contribution < 1.29 is 9.52 Å². The summed E-state index contributed by atoms with van der Waals surface area (Å²) in [6.45, 7) is 4.41. The molecule has 1 aromatic heterocycles. The fourth-order valence-corrected chi connectivity index (χ4v) is 2.20. The van der Waals surface area contributed by atoms with Crippen LogP contribution in [0.3, 0.4) is 0 Å². The van der Waals surface area contributed by atoms with Gasteiger partial charge in [0, 0.05) is 5.92 Å². The van der Waals surface area contributed by atoms with E-state index in [0.29, 0.717) is 5.92 Å². The van der Waals surface area contributed by atoms with E-state index in [9.17, 15) is 5.11 Å². The second kappa shape index (κ2) is 5.05. The molecular formula is C14H22O2. The summed E-state index contributed by atoms with van der Waals surface area (Å²) >= 11 is 0. The molecule has 3 unspecified atom stereocenters. The second-order valence-corrected chi connectivity index (χ2v) is 5.07. The maximum Gasteiger partial charge on any atom is 0.132 e. The van der Waals surface area contributed by atoms with Crippen LogP contribution in [0.5, 0.6) is 0 Å². The molecule has 2 heteroatoms. The smallest absolute Gasteiger partial charge is 0.132 e. The van der Waals surface area contributed by atoms with Crippen molar-refractivity contribution in [1.82, 2.24) is 0 Å². The fraction of sp³-hybridized carbons (Fsp3) is 0.714. The van der Waals surface area contributed by atoms with Gasteiger partial charge >= 0.3 is 0 Å². The SMILES string of the molecule is CCCCCC(O)c1ccc(C2CC2C)o1. The van der Waals surface area contributed by atoms with Gasteiger partial charge in [0.1, 0.15) is 17.6 Å². The molecule has 1 aliphatic carbocycles. The van der Waals surface area contributed by atoms with Crippen molar-refractivity contribution in [2.24, 2.45) is 5.92 Å². The van der Waals surface area contributed by atoms with Crippen molar-refractivity contribution in [3.63, 3.8) is 0 Å². The van der Waals surface area contributed by atoms with Gasteiger partial charge in [-0.3, -0.25) is 0 Å². The quantitative estimate of drug-likeness (QED) is 0.737. The number of hydrogen-bond acceptors (Lipinski definition) is 2. The van der Waals surface area contributed by atoms with Crippen molar-refractivity contribution in [3.05, 3.63) is 23.7 Å². The van der Waals surface area contributed by atoms with Crippen LogP contribution in [-0.4, -0.2) is 5.11 Å². The van der Waals surface area contributed by atoms with Gasteiger partial charge in [-0.15, -0.1) is 0 Å². The van der Waals surface area contributed by atoms with Crippen molar-refractivity contribution in [2.45, 2.75) is 58.0 Å². The van der Waals surface area contributed by atoms with Crippen LogP contribution >= 0.6 is 0 Å². The number of unbranched alkanes of at least 4 members (excludes halogenated alkanes) is 2. The van der Waals surface area contributed by atoms with E-state index in [0.717, 1.165) is 30.3 Å². The summed E-state index contributed by atoms with van der Waals surface area (Å²) in [6.07, 6.45) is 5.10. The third-order valence-electron chi connectivity index (χ3n) is 3.53. The molecule has 2 nitrogen and oxygen atoms in total. The van der Waals surface area contributed by atoms with E-state index in [-0.39, 0.29) is 0 Å². The Bertz CT molecular complexity index is 329. The van der Waals surface area contributed by atoms with E-state index in [4.69, 9.17) is 4.42 Å². The Balaban J connectivity index is 1.86. The Morgan fingerprint density at radius 3 is 2.81 bits per heavy atom.